The molecular formula is C30H26FN3OS. The molecule has 0 aromatic heterocycles. The zero-order chi connectivity index (χ0) is 24.5. The number of hydrogen-bond donors (Lipinski definition) is 1. The molecule has 3 aliphatic rings. The van der Waals surface area contributed by atoms with E-state index in [0.717, 1.165) is 30.5 Å². The molecule has 2 fully saturated rings. The van der Waals surface area contributed by atoms with Crippen LogP contribution in [-0.2, 0) is 4.79 Å². The van der Waals surface area contributed by atoms with Gasteiger partial charge in [0.05, 0.1) is 16.7 Å². The van der Waals surface area contributed by atoms with Crippen molar-refractivity contribution >= 4 is 35.5 Å². The van der Waals surface area contributed by atoms with Crippen molar-refractivity contribution in [2.45, 2.75) is 30.8 Å². The highest BCUT2D eigenvalue weighted by Gasteiger charge is 2.46. The van der Waals surface area contributed by atoms with Crippen LogP contribution in [0, 0.1) is 11.7 Å². The molecule has 1 saturated carbocycles. The zero-order valence-electron chi connectivity index (χ0n) is 19.7. The topological polar surface area (TPSA) is 44.7 Å². The van der Waals surface area contributed by atoms with Gasteiger partial charge in [0.1, 0.15) is 5.82 Å². The Labute approximate surface area is 214 Å². The van der Waals surface area contributed by atoms with Gasteiger partial charge in [0.25, 0.3) is 5.91 Å². The van der Waals surface area contributed by atoms with Gasteiger partial charge in [0, 0.05) is 5.92 Å². The summed E-state index contributed by atoms with van der Waals surface area (Å²) in [6.45, 7) is 0. The lowest BCUT2D eigenvalue weighted by atomic mass is 9.77. The maximum Gasteiger partial charge on any atom is 0.260 e. The second-order valence-corrected chi connectivity index (χ2v) is 10.4. The number of fused-ring (bicyclic) bond motifs is 1. The lowest BCUT2D eigenvalue weighted by Crippen LogP contribution is -2.40. The zero-order valence-corrected chi connectivity index (χ0v) is 20.5. The van der Waals surface area contributed by atoms with Crippen LogP contribution in [-0.4, -0.2) is 22.1 Å². The minimum absolute atomic E-state index is 0.0450. The van der Waals surface area contributed by atoms with Crippen LogP contribution in [0.15, 0.2) is 101 Å². The van der Waals surface area contributed by atoms with Crippen LogP contribution >= 0.6 is 11.8 Å². The second kappa shape index (κ2) is 9.78. The SMILES string of the molecule is O=C1N[C@H](N2N=C3/C(=C/c4ccccc4)CCC[C@H]3[C@@H]2c2ccccc2)S/C1=C/c1ccc(F)cc1. The molecular weight excluding hydrogens is 469 g/mol. The van der Waals surface area contributed by atoms with Crippen molar-refractivity contribution in [2.24, 2.45) is 11.0 Å². The van der Waals surface area contributed by atoms with Gasteiger partial charge < -0.3 is 5.32 Å². The second-order valence-electron chi connectivity index (χ2n) is 9.30. The van der Waals surface area contributed by atoms with Gasteiger partial charge >= 0.3 is 0 Å². The van der Waals surface area contributed by atoms with E-state index >= 15 is 0 Å². The molecule has 1 saturated heterocycles. The fourth-order valence-electron chi connectivity index (χ4n) is 5.28. The van der Waals surface area contributed by atoms with Crippen LogP contribution in [0.25, 0.3) is 12.2 Å². The third-order valence-corrected chi connectivity index (χ3v) is 8.05. The van der Waals surface area contributed by atoms with Crippen LogP contribution in [0.4, 0.5) is 4.39 Å². The average Bonchev–Trinajstić information content (AvgIpc) is 3.47. The number of allylic oxidation sites excluding steroid dienone is 1. The van der Waals surface area contributed by atoms with Gasteiger partial charge in [0.15, 0.2) is 5.50 Å². The van der Waals surface area contributed by atoms with E-state index in [1.54, 1.807) is 12.1 Å². The molecule has 1 amide bonds. The molecule has 6 rings (SSSR count). The van der Waals surface area contributed by atoms with Crippen molar-refractivity contribution in [1.82, 2.24) is 10.3 Å². The molecule has 0 unspecified atom stereocenters. The van der Waals surface area contributed by atoms with Crippen LogP contribution in [0.1, 0.15) is 42.0 Å². The molecule has 0 spiro atoms. The first-order chi connectivity index (χ1) is 17.7. The molecule has 180 valence electrons. The number of hydrogen-bond acceptors (Lipinski definition) is 4. The smallest absolute Gasteiger partial charge is 0.260 e. The molecule has 6 heteroatoms. The van der Waals surface area contributed by atoms with E-state index in [2.05, 4.69) is 64.9 Å². The highest BCUT2D eigenvalue weighted by Crippen LogP contribution is 2.47. The van der Waals surface area contributed by atoms with E-state index in [0.29, 0.717) is 4.91 Å². The number of thioether (sulfide) groups is 1. The maximum atomic E-state index is 13.3. The standard InChI is InChI=1S/C30H26FN3OS/c31-24-16-14-21(15-17-24)19-26-29(35)32-30(36-26)34-28(22-10-5-2-6-11-22)25-13-7-12-23(27(25)33-34)18-20-8-3-1-4-9-20/h1-6,8-11,14-19,25,28,30H,7,12-13H2,(H,32,35)/b23-18+,26-19+/t25-,28+,30-/m1/s1. The minimum Gasteiger partial charge on any atom is -0.321 e. The van der Waals surface area contributed by atoms with Gasteiger partial charge in [-0.1, -0.05) is 84.6 Å². The average molecular weight is 496 g/mol. The van der Waals surface area contributed by atoms with Gasteiger partial charge in [-0.3, -0.25) is 9.80 Å². The monoisotopic (exact) mass is 495 g/mol. The number of carbonyl (C=O) groups is 1. The summed E-state index contributed by atoms with van der Waals surface area (Å²) in [7, 11) is 0. The van der Waals surface area contributed by atoms with Crippen molar-refractivity contribution < 1.29 is 9.18 Å². The summed E-state index contributed by atoms with van der Waals surface area (Å²) in [4.78, 5) is 13.5. The molecule has 4 nitrogen and oxygen atoms in total. The number of rotatable bonds is 4. The van der Waals surface area contributed by atoms with Gasteiger partial charge in [-0.2, -0.15) is 5.10 Å². The highest BCUT2D eigenvalue weighted by molar-refractivity contribution is 8.05. The van der Waals surface area contributed by atoms with Crippen molar-refractivity contribution in [1.29, 1.82) is 0 Å². The first-order valence-electron chi connectivity index (χ1n) is 12.3. The highest BCUT2D eigenvalue weighted by atomic mass is 32.2. The normalized spacial score (nSPS) is 25.7. The van der Waals surface area contributed by atoms with Crippen molar-refractivity contribution in [3.63, 3.8) is 0 Å². The Morgan fingerprint density at radius 1 is 0.917 bits per heavy atom. The fraction of sp³-hybridized carbons (Fsp3) is 0.200. The number of nitrogens with zero attached hydrogens (tertiary/aromatic N) is 2. The number of halogens is 1. The Kier molecular flexibility index (Phi) is 6.20. The number of amides is 1. The Bertz CT molecular complexity index is 1350. The quantitative estimate of drug-likeness (QED) is 0.414. The number of nitrogens with one attached hydrogen (secondary N) is 1. The lowest BCUT2D eigenvalue weighted by molar-refractivity contribution is -0.117. The first-order valence-corrected chi connectivity index (χ1v) is 13.2. The van der Waals surface area contributed by atoms with Crippen molar-refractivity contribution in [3.8, 4) is 0 Å². The Morgan fingerprint density at radius 2 is 1.61 bits per heavy atom. The van der Waals surface area contributed by atoms with Crippen LogP contribution < -0.4 is 5.32 Å². The molecule has 2 heterocycles. The summed E-state index contributed by atoms with van der Waals surface area (Å²) in [5.41, 5.74) is 5.27. The minimum atomic E-state index is -0.314. The molecule has 2 aliphatic heterocycles. The van der Waals surface area contributed by atoms with E-state index in [-0.39, 0.29) is 29.2 Å². The Morgan fingerprint density at radius 3 is 2.36 bits per heavy atom. The number of benzene rings is 3. The van der Waals surface area contributed by atoms with Crippen LogP contribution in [0.5, 0.6) is 0 Å². The van der Waals surface area contributed by atoms with E-state index in [1.165, 1.54) is 40.6 Å². The Balaban J connectivity index is 1.35. The number of hydrazone groups is 1. The molecule has 36 heavy (non-hydrogen) atoms. The predicted molar refractivity (Wildman–Crippen MR) is 144 cm³/mol. The largest absolute Gasteiger partial charge is 0.321 e. The van der Waals surface area contributed by atoms with Crippen LogP contribution in [0.3, 0.4) is 0 Å². The van der Waals surface area contributed by atoms with E-state index in [9.17, 15) is 9.18 Å². The summed E-state index contributed by atoms with van der Waals surface area (Å²) >= 11 is 1.47. The van der Waals surface area contributed by atoms with Gasteiger partial charge in [-0.15, -0.1) is 0 Å². The van der Waals surface area contributed by atoms with Crippen molar-refractivity contribution in [3.05, 3.63) is 118 Å². The third kappa shape index (κ3) is 4.49. The summed E-state index contributed by atoms with van der Waals surface area (Å²) in [5.74, 6) is -0.158. The summed E-state index contributed by atoms with van der Waals surface area (Å²) in [5, 5.41) is 10.4. The molecule has 3 aromatic carbocycles. The van der Waals surface area contributed by atoms with Crippen molar-refractivity contribution in [2.75, 3.05) is 0 Å². The maximum absolute atomic E-state index is 13.3. The van der Waals surface area contributed by atoms with Gasteiger partial charge in [-0.25, -0.2) is 4.39 Å². The molecule has 3 atom stereocenters. The molecule has 3 aromatic rings. The summed E-state index contributed by atoms with van der Waals surface area (Å²) in [6, 6.07) is 27.1. The fourth-order valence-corrected chi connectivity index (χ4v) is 6.34. The molecule has 1 N–H and O–H groups in total. The van der Waals surface area contributed by atoms with Gasteiger partial charge in [-0.05, 0) is 65.8 Å². The van der Waals surface area contributed by atoms with E-state index < -0.39 is 0 Å². The van der Waals surface area contributed by atoms with E-state index in [4.69, 9.17) is 5.10 Å². The summed E-state index contributed by atoms with van der Waals surface area (Å²) in [6.07, 6.45) is 7.24. The van der Waals surface area contributed by atoms with E-state index in [1.807, 2.05) is 18.2 Å². The summed E-state index contributed by atoms with van der Waals surface area (Å²) < 4.78 is 13.3. The van der Waals surface area contributed by atoms with Crippen LogP contribution in [0.2, 0.25) is 0 Å². The molecule has 0 bridgehead atoms. The number of carbonyl (C=O) groups excluding carboxylic acids is 1. The molecule has 1 aliphatic carbocycles. The lowest BCUT2D eigenvalue weighted by Gasteiger charge is -2.33. The predicted octanol–water partition coefficient (Wildman–Crippen LogP) is 6.61. The third-order valence-electron chi connectivity index (χ3n) is 6.94. The Hall–Kier alpha value is -3.64. The first kappa shape index (κ1) is 22.8. The molecule has 0 radical (unpaired) electrons. The van der Waals surface area contributed by atoms with Gasteiger partial charge in [0.2, 0.25) is 0 Å².